The Balaban J connectivity index is 1.55. The van der Waals surface area contributed by atoms with Gasteiger partial charge in [0.05, 0.1) is 10.7 Å². The van der Waals surface area contributed by atoms with E-state index in [1.165, 1.54) is 37.3 Å². The first kappa shape index (κ1) is 17.4. The number of hydrogen-bond donors (Lipinski definition) is 1. The minimum atomic E-state index is -0.0487. The second-order valence-corrected chi connectivity index (χ2v) is 7.65. The van der Waals surface area contributed by atoms with Crippen LogP contribution < -0.4 is 5.32 Å². The summed E-state index contributed by atoms with van der Waals surface area (Å²) < 4.78 is 0. The highest BCUT2D eigenvalue weighted by atomic mass is 35.5. The van der Waals surface area contributed by atoms with Crippen molar-refractivity contribution in [1.82, 2.24) is 15.2 Å². The summed E-state index contributed by atoms with van der Waals surface area (Å²) >= 11 is 7.39. The molecule has 0 aliphatic carbocycles. The molecule has 24 heavy (non-hydrogen) atoms. The first-order valence-electron chi connectivity index (χ1n) is 8.33. The van der Waals surface area contributed by atoms with Crippen LogP contribution in [0.25, 0.3) is 0 Å². The highest BCUT2D eigenvalue weighted by molar-refractivity contribution is 7.13. The van der Waals surface area contributed by atoms with Gasteiger partial charge >= 0.3 is 0 Å². The Hall–Kier alpha value is -1.43. The number of aryl methyl sites for hydroxylation is 1. The van der Waals surface area contributed by atoms with Gasteiger partial charge in [0.1, 0.15) is 4.88 Å². The molecule has 1 saturated heterocycles. The van der Waals surface area contributed by atoms with Gasteiger partial charge in [-0.05, 0) is 50.6 Å². The molecule has 0 radical (unpaired) electrons. The summed E-state index contributed by atoms with van der Waals surface area (Å²) in [7, 11) is 0. The molecule has 128 valence electrons. The Bertz CT molecular complexity index is 693. The first-order valence-corrected chi connectivity index (χ1v) is 9.52. The first-order chi connectivity index (χ1) is 11.6. The summed E-state index contributed by atoms with van der Waals surface area (Å²) in [4.78, 5) is 20.2. The Morgan fingerprint density at radius 1 is 1.29 bits per heavy atom. The van der Waals surface area contributed by atoms with Crippen LogP contribution >= 0.6 is 22.9 Å². The van der Waals surface area contributed by atoms with Gasteiger partial charge in [-0.25, -0.2) is 4.98 Å². The molecular formula is C18H22ClN3OS. The Labute approximate surface area is 151 Å². The highest BCUT2D eigenvalue weighted by Crippen LogP contribution is 2.20. The number of nitrogens with one attached hydrogen (secondary N) is 1. The van der Waals surface area contributed by atoms with Crippen LogP contribution in [0.3, 0.4) is 0 Å². The summed E-state index contributed by atoms with van der Waals surface area (Å²) in [6.07, 6.45) is 3.53. The van der Waals surface area contributed by atoms with Crippen LogP contribution in [0.2, 0.25) is 5.02 Å². The molecule has 1 N–H and O–H groups in total. The van der Waals surface area contributed by atoms with Gasteiger partial charge in [0.25, 0.3) is 5.91 Å². The van der Waals surface area contributed by atoms with Gasteiger partial charge in [-0.2, -0.15) is 0 Å². The molecule has 0 unspecified atom stereocenters. The van der Waals surface area contributed by atoms with Crippen LogP contribution in [0.1, 0.15) is 38.8 Å². The zero-order valence-electron chi connectivity index (χ0n) is 13.8. The fourth-order valence-corrected chi connectivity index (χ4v) is 3.99. The summed E-state index contributed by atoms with van der Waals surface area (Å²) in [5.74, 6) is -0.0487. The summed E-state index contributed by atoms with van der Waals surface area (Å²) in [6, 6.07) is 7.50. The van der Waals surface area contributed by atoms with Gasteiger partial charge in [0.15, 0.2) is 0 Å². The highest BCUT2D eigenvalue weighted by Gasteiger charge is 2.17. The molecule has 0 saturated carbocycles. The van der Waals surface area contributed by atoms with E-state index >= 15 is 0 Å². The van der Waals surface area contributed by atoms with Crippen LogP contribution in [0.5, 0.6) is 0 Å². The maximum absolute atomic E-state index is 12.4. The van der Waals surface area contributed by atoms with Gasteiger partial charge in [-0.15, -0.1) is 11.3 Å². The van der Waals surface area contributed by atoms with Crippen molar-refractivity contribution < 1.29 is 4.79 Å². The third-order valence-electron chi connectivity index (χ3n) is 4.25. The van der Waals surface area contributed by atoms with Gasteiger partial charge in [0, 0.05) is 24.5 Å². The minimum absolute atomic E-state index is 0.0487. The topological polar surface area (TPSA) is 45.2 Å². The SMILES string of the molecule is Cc1nc(CCN2CCCC2)sc1C(=O)NCc1ccc(Cl)cc1. The maximum atomic E-state index is 12.4. The van der Waals surface area contributed by atoms with Crippen molar-refractivity contribution >= 4 is 28.8 Å². The van der Waals surface area contributed by atoms with E-state index in [-0.39, 0.29) is 5.91 Å². The number of carbonyl (C=O) groups is 1. The molecule has 0 bridgehead atoms. The number of thiazole rings is 1. The third-order valence-corrected chi connectivity index (χ3v) is 5.72. The molecular weight excluding hydrogens is 342 g/mol. The van der Waals surface area contributed by atoms with Crippen LogP contribution in [0.15, 0.2) is 24.3 Å². The minimum Gasteiger partial charge on any atom is -0.347 e. The molecule has 2 heterocycles. The molecule has 4 nitrogen and oxygen atoms in total. The van der Waals surface area contributed by atoms with E-state index in [2.05, 4.69) is 15.2 Å². The molecule has 0 spiro atoms. The molecule has 6 heteroatoms. The predicted octanol–water partition coefficient (Wildman–Crippen LogP) is 3.67. The van der Waals surface area contributed by atoms with Gasteiger partial charge in [-0.3, -0.25) is 4.79 Å². The van der Waals surface area contributed by atoms with E-state index in [0.29, 0.717) is 11.6 Å². The summed E-state index contributed by atoms with van der Waals surface area (Å²) in [6.45, 7) is 5.83. The number of aromatic nitrogens is 1. The van der Waals surface area contributed by atoms with Crippen molar-refractivity contribution in [2.24, 2.45) is 0 Å². The summed E-state index contributed by atoms with van der Waals surface area (Å²) in [5, 5.41) is 4.72. The maximum Gasteiger partial charge on any atom is 0.263 e. The van der Waals surface area contributed by atoms with Crippen molar-refractivity contribution in [3.05, 3.63) is 50.4 Å². The van der Waals surface area contributed by atoms with E-state index < -0.39 is 0 Å². The number of hydrogen-bond acceptors (Lipinski definition) is 4. The number of rotatable bonds is 6. The van der Waals surface area contributed by atoms with Crippen LogP contribution in [-0.2, 0) is 13.0 Å². The number of nitrogens with zero attached hydrogens (tertiary/aromatic N) is 2. The number of carbonyl (C=O) groups excluding carboxylic acids is 1. The van der Waals surface area contributed by atoms with E-state index in [1.807, 2.05) is 31.2 Å². The second kappa shape index (κ2) is 8.10. The Kier molecular flexibility index (Phi) is 5.87. The van der Waals surface area contributed by atoms with E-state index in [1.54, 1.807) is 0 Å². The molecule has 1 fully saturated rings. The number of likely N-dealkylation sites (tertiary alicyclic amines) is 1. The van der Waals surface area contributed by atoms with Crippen LogP contribution in [0.4, 0.5) is 0 Å². The molecule has 1 aromatic heterocycles. The normalized spacial score (nSPS) is 14.9. The standard InChI is InChI=1S/C18H22ClN3OS/c1-13-17(18(23)20-12-14-4-6-15(19)7-5-14)24-16(21-13)8-11-22-9-2-3-10-22/h4-7H,2-3,8-12H2,1H3,(H,20,23). The lowest BCUT2D eigenvalue weighted by molar-refractivity contribution is 0.0954. The molecule has 0 atom stereocenters. The Morgan fingerprint density at radius 3 is 2.71 bits per heavy atom. The van der Waals surface area contributed by atoms with E-state index in [9.17, 15) is 4.79 Å². The fourth-order valence-electron chi connectivity index (χ4n) is 2.89. The fraction of sp³-hybridized carbons (Fsp3) is 0.444. The molecule has 3 rings (SSSR count). The lowest BCUT2D eigenvalue weighted by atomic mass is 10.2. The Morgan fingerprint density at radius 2 is 2.00 bits per heavy atom. The number of amides is 1. The van der Waals surface area contributed by atoms with Crippen molar-refractivity contribution in [1.29, 1.82) is 0 Å². The molecule has 1 aliphatic heterocycles. The largest absolute Gasteiger partial charge is 0.347 e. The lowest BCUT2D eigenvalue weighted by Crippen LogP contribution is -2.22. The lowest BCUT2D eigenvalue weighted by Gasteiger charge is -2.12. The van der Waals surface area contributed by atoms with Crippen molar-refractivity contribution in [3.8, 4) is 0 Å². The van der Waals surface area contributed by atoms with Crippen LogP contribution in [0, 0.1) is 6.92 Å². The van der Waals surface area contributed by atoms with Gasteiger partial charge in [-0.1, -0.05) is 23.7 Å². The summed E-state index contributed by atoms with van der Waals surface area (Å²) in [5.41, 5.74) is 1.86. The van der Waals surface area contributed by atoms with Crippen molar-refractivity contribution in [2.75, 3.05) is 19.6 Å². The van der Waals surface area contributed by atoms with Gasteiger partial charge < -0.3 is 10.2 Å². The average molecular weight is 364 g/mol. The monoisotopic (exact) mass is 363 g/mol. The predicted molar refractivity (Wildman–Crippen MR) is 98.9 cm³/mol. The molecule has 1 aliphatic rings. The smallest absolute Gasteiger partial charge is 0.263 e. The van der Waals surface area contributed by atoms with Crippen LogP contribution in [-0.4, -0.2) is 35.4 Å². The molecule has 1 amide bonds. The van der Waals surface area contributed by atoms with Crippen molar-refractivity contribution in [2.45, 2.75) is 32.7 Å². The number of benzene rings is 1. The zero-order chi connectivity index (χ0) is 16.9. The van der Waals surface area contributed by atoms with Gasteiger partial charge in [0.2, 0.25) is 0 Å². The zero-order valence-corrected chi connectivity index (χ0v) is 15.4. The average Bonchev–Trinajstić information content (AvgIpc) is 3.21. The third kappa shape index (κ3) is 4.56. The molecule has 2 aromatic rings. The van der Waals surface area contributed by atoms with E-state index in [0.717, 1.165) is 34.1 Å². The second-order valence-electron chi connectivity index (χ2n) is 6.13. The van der Waals surface area contributed by atoms with Crippen molar-refractivity contribution in [3.63, 3.8) is 0 Å². The van der Waals surface area contributed by atoms with E-state index in [4.69, 9.17) is 11.6 Å². The molecule has 1 aromatic carbocycles. The number of halogens is 1. The quantitative estimate of drug-likeness (QED) is 0.851.